The van der Waals surface area contributed by atoms with Gasteiger partial charge in [-0.3, -0.25) is 10.1 Å². The molecule has 30 heavy (non-hydrogen) atoms. The molecule has 0 aliphatic heterocycles. The van der Waals surface area contributed by atoms with Crippen LogP contribution in [-0.2, 0) is 4.79 Å². The zero-order valence-electron chi connectivity index (χ0n) is 15.5. The number of benzene rings is 2. The van der Waals surface area contributed by atoms with Gasteiger partial charge in [-0.15, -0.1) is 11.3 Å². The molecule has 2 heterocycles. The molecule has 146 valence electrons. The molecular formula is C23H14ClN3O2S. The Balaban J connectivity index is 1.49. The molecule has 7 heteroatoms. The second-order valence-corrected chi connectivity index (χ2v) is 7.53. The van der Waals surface area contributed by atoms with Gasteiger partial charge in [0.2, 0.25) is 0 Å². The predicted octanol–water partition coefficient (Wildman–Crippen LogP) is 6.27. The third-order valence-electron chi connectivity index (χ3n) is 4.20. The minimum Gasteiger partial charge on any atom is -0.457 e. The van der Waals surface area contributed by atoms with E-state index < -0.39 is 5.91 Å². The van der Waals surface area contributed by atoms with Gasteiger partial charge in [0.05, 0.1) is 5.69 Å². The van der Waals surface area contributed by atoms with Gasteiger partial charge in [0.25, 0.3) is 5.91 Å². The van der Waals surface area contributed by atoms with Crippen molar-refractivity contribution in [3.8, 4) is 28.7 Å². The first kappa shape index (κ1) is 19.6. The second-order valence-electron chi connectivity index (χ2n) is 6.24. The molecule has 2 aromatic heterocycles. The molecule has 0 fully saturated rings. The molecule has 0 radical (unpaired) electrons. The minimum atomic E-state index is -0.545. The number of hydrogen-bond acceptors (Lipinski definition) is 5. The number of nitrogens with one attached hydrogen (secondary N) is 1. The molecule has 4 rings (SSSR count). The third kappa shape index (κ3) is 4.49. The molecule has 0 saturated carbocycles. The summed E-state index contributed by atoms with van der Waals surface area (Å²) in [5, 5.41) is 15.0. The van der Waals surface area contributed by atoms with Crippen LogP contribution < -0.4 is 5.32 Å². The van der Waals surface area contributed by atoms with Crippen LogP contribution in [0.5, 0.6) is 0 Å². The van der Waals surface area contributed by atoms with Crippen molar-refractivity contribution in [3.05, 3.63) is 88.5 Å². The summed E-state index contributed by atoms with van der Waals surface area (Å²) in [6.45, 7) is 0. The third-order valence-corrected chi connectivity index (χ3v) is 5.21. The first-order chi connectivity index (χ1) is 14.6. The molecule has 0 atom stereocenters. The maximum Gasteiger partial charge on any atom is 0.268 e. The Kier molecular flexibility index (Phi) is 5.75. The van der Waals surface area contributed by atoms with Gasteiger partial charge in [0.1, 0.15) is 23.2 Å². The Labute approximate surface area is 181 Å². The molecule has 4 aromatic rings. The van der Waals surface area contributed by atoms with E-state index in [0.29, 0.717) is 21.7 Å². The van der Waals surface area contributed by atoms with E-state index in [1.165, 1.54) is 17.4 Å². The lowest BCUT2D eigenvalue weighted by atomic mass is 10.2. The van der Waals surface area contributed by atoms with Crippen LogP contribution in [-0.4, -0.2) is 10.9 Å². The summed E-state index contributed by atoms with van der Waals surface area (Å²) >= 11 is 7.20. The standard InChI is InChI=1S/C23H14ClN3O2S/c24-18-8-6-16(7-9-18)21-11-10-19(29-21)12-17(13-25)22(28)27-23-26-20(14-30-23)15-4-2-1-3-5-15/h1-12,14H,(H,26,27,28). The maximum atomic E-state index is 12.5. The molecule has 0 aliphatic carbocycles. The van der Waals surface area contributed by atoms with Crippen molar-refractivity contribution in [1.82, 2.24) is 4.98 Å². The summed E-state index contributed by atoms with van der Waals surface area (Å²) < 4.78 is 5.74. The van der Waals surface area contributed by atoms with Crippen molar-refractivity contribution >= 4 is 40.1 Å². The number of thiazole rings is 1. The summed E-state index contributed by atoms with van der Waals surface area (Å²) in [6, 6.07) is 22.2. The summed E-state index contributed by atoms with van der Waals surface area (Å²) in [5.74, 6) is 0.467. The Morgan fingerprint density at radius 3 is 2.57 bits per heavy atom. The number of amides is 1. The molecule has 0 aliphatic rings. The number of anilines is 1. The zero-order chi connectivity index (χ0) is 20.9. The molecule has 0 unspecified atom stereocenters. The number of furan rings is 1. The van der Waals surface area contributed by atoms with Crippen LogP contribution >= 0.6 is 22.9 Å². The van der Waals surface area contributed by atoms with Crippen molar-refractivity contribution in [2.45, 2.75) is 0 Å². The maximum absolute atomic E-state index is 12.5. The number of hydrogen-bond donors (Lipinski definition) is 1. The normalized spacial score (nSPS) is 11.1. The van der Waals surface area contributed by atoms with Crippen LogP contribution in [0.3, 0.4) is 0 Å². The predicted molar refractivity (Wildman–Crippen MR) is 119 cm³/mol. The summed E-state index contributed by atoms with van der Waals surface area (Å²) in [7, 11) is 0. The van der Waals surface area contributed by atoms with Gasteiger partial charge < -0.3 is 4.42 Å². The van der Waals surface area contributed by atoms with Crippen LogP contribution in [0.2, 0.25) is 5.02 Å². The van der Waals surface area contributed by atoms with Crippen molar-refractivity contribution < 1.29 is 9.21 Å². The lowest BCUT2D eigenvalue weighted by Crippen LogP contribution is -2.13. The Morgan fingerprint density at radius 2 is 1.83 bits per heavy atom. The van der Waals surface area contributed by atoms with Crippen molar-refractivity contribution in [1.29, 1.82) is 5.26 Å². The number of halogens is 1. The van der Waals surface area contributed by atoms with Crippen molar-refractivity contribution in [2.75, 3.05) is 5.32 Å². The van der Waals surface area contributed by atoms with Crippen LogP contribution in [0.15, 0.2) is 82.1 Å². The van der Waals surface area contributed by atoms with Crippen molar-refractivity contribution in [3.63, 3.8) is 0 Å². The Hall–Kier alpha value is -3.66. The largest absolute Gasteiger partial charge is 0.457 e. The number of aromatic nitrogens is 1. The highest BCUT2D eigenvalue weighted by molar-refractivity contribution is 7.14. The van der Waals surface area contributed by atoms with E-state index in [4.69, 9.17) is 16.0 Å². The first-order valence-electron chi connectivity index (χ1n) is 8.92. The SMILES string of the molecule is N#CC(=Cc1ccc(-c2ccc(Cl)cc2)o1)C(=O)Nc1nc(-c2ccccc2)cs1. The lowest BCUT2D eigenvalue weighted by Gasteiger charge is -2.00. The van der Waals surface area contributed by atoms with Gasteiger partial charge in [-0.25, -0.2) is 4.98 Å². The monoisotopic (exact) mass is 431 g/mol. The summed E-state index contributed by atoms with van der Waals surface area (Å²) in [5.41, 5.74) is 2.48. The molecule has 1 amide bonds. The number of carbonyl (C=O) groups is 1. The van der Waals surface area contributed by atoms with Crippen LogP contribution in [0.25, 0.3) is 28.7 Å². The molecular weight excluding hydrogens is 418 g/mol. The summed E-state index contributed by atoms with van der Waals surface area (Å²) in [6.07, 6.45) is 1.40. The topological polar surface area (TPSA) is 78.9 Å². The van der Waals surface area contributed by atoms with Crippen LogP contribution in [0.4, 0.5) is 5.13 Å². The average molecular weight is 432 g/mol. The molecule has 1 N–H and O–H groups in total. The molecule has 0 saturated heterocycles. The van der Waals surface area contributed by atoms with E-state index >= 15 is 0 Å². The minimum absolute atomic E-state index is 0.0801. The lowest BCUT2D eigenvalue weighted by molar-refractivity contribution is -0.112. The van der Waals surface area contributed by atoms with Crippen LogP contribution in [0.1, 0.15) is 5.76 Å². The first-order valence-corrected chi connectivity index (χ1v) is 10.2. The van der Waals surface area contributed by atoms with Crippen LogP contribution in [0, 0.1) is 11.3 Å². The van der Waals surface area contributed by atoms with Gasteiger partial charge in [-0.1, -0.05) is 41.9 Å². The van der Waals surface area contributed by atoms with E-state index in [1.807, 2.05) is 53.9 Å². The van der Waals surface area contributed by atoms with E-state index in [1.54, 1.807) is 24.3 Å². The number of nitriles is 1. The molecule has 0 bridgehead atoms. The highest BCUT2D eigenvalue weighted by atomic mass is 35.5. The smallest absolute Gasteiger partial charge is 0.268 e. The van der Waals surface area contributed by atoms with Gasteiger partial charge in [-0.2, -0.15) is 5.26 Å². The molecule has 5 nitrogen and oxygen atoms in total. The van der Waals surface area contributed by atoms with E-state index in [2.05, 4.69) is 10.3 Å². The van der Waals surface area contributed by atoms with Crippen molar-refractivity contribution in [2.24, 2.45) is 0 Å². The fourth-order valence-electron chi connectivity index (χ4n) is 2.73. The van der Waals surface area contributed by atoms with E-state index in [0.717, 1.165) is 16.8 Å². The van der Waals surface area contributed by atoms with Gasteiger partial charge in [-0.05, 0) is 36.4 Å². The Bertz CT molecular complexity index is 1250. The highest BCUT2D eigenvalue weighted by Gasteiger charge is 2.14. The van der Waals surface area contributed by atoms with Gasteiger partial charge in [0.15, 0.2) is 5.13 Å². The number of nitrogens with zero attached hydrogens (tertiary/aromatic N) is 2. The highest BCUT2D eigenvalue weighted by Crippen LogP contribution is 2.26. The van der Waals surface area contributed by atoms with E-state index in [-0.39, 0.29) is 5.57 Å². The zero-order valence-corrected chi connectivity index (χ0v) is 17.1. The fourth-order valence-corrected chi connectivity index (χ4v) is 3.57. The average Bonchev–Trinajstić information content (AvgIpc) is 3.43. The Morgan fingerprint density at radius 1 is 1.07 bits per heavy atom. The number of rotatable bonds is 5. The quantitative estimate of drug-likeness (QED) is 0.298. The summed E-state index contributed by atoms with van der Waals surface area (Å²) in [4.78, 5) is 16.9. The fraction of sp³-hybridized carbons (Fsp3) is 0. The molecule has 0 spiro atoms. The molecule has 2 aromatic carbocycles. The van der Waals surface area contributed by atoms with Gasteiger partial charge in [0, 0.05) is 27.6 Å². The van der Waals surface area contributed by atoms with Gasteiger partial charge >= 0.3 is 0 Å². The second kappa shape index (κ2) is 8.78. The number of carbonyl (C=O) groups excluding carboxylic acids is 1. The van der Waals surface area contributed by atoms with E-state index in [9.17, 15) is 10.1 Å².